The summed E-state index contributed by atoms with van der Waals surface area (Å²) in [5.41, 5.74) is 4.60. The average molecular weight is 544 g/mol. The molecule has 6 nitrogen and oxygen atoms in total. The molecule has 2 fully saturated rings. The Morgan fingerprint density at radius 2 is 1.63 bits per heavy atom. The second kappa shape index (κ2) is 8.55. The molecule has 6 aliphatic rings. The summed E-state index contributed by atoms with van der Waals surface area (Å²) in [4.78, 5) is 18.8. The lowest BCUT2D eigenvalue weighted by atomic mass is 9.78. The summed E-state index contributed by atoms with van der Waals surface area (Å²) in [6, 6.07) is 17.9. The summed E-state index contributed by atoms with van der Waals surface area (Å²) in [5.74, 6) is 0.902. The van der Waals surface area contributed by atoms with Crippen LogP contribution in [0, 0.1) is 5.92 Å². The van der Waals surface area contributed by atoms with Crippen LogP contribution in [0.5, 0.6) is 0 Å². The molecule has 0 N–H and O–H groups in total. The molecule has 2 aromatic carbocycles. The Labute approximate surface area is 233 Å². The number of fused-ring (bicyclic) bond motifs is 9. The third-order valence-corrected chi connectivity index (χ3v) is 11.8. The van der Waals surface area contributed by atoms with Gasteiger partial charge in [-0.05, 0) is 68.0 Å². The van der Waals surface area contributed by atoms with Crippen LogP contribution >= 0.6 is 23.5 Å². The number of carbonyl (C=O) groups is 1. The molecule has 196 valence electrons. The maximum Gasteiger partial charge on any atom is 0.260 e. The van der Waals surface area contributed by atoms with E-state index < -0.39 is 4.87 Å². The van der Waals surface area contributed by atoms with Crippen LogP contribution in [0.25, 0.3) is 11.4 Å². The second-order valence-corrected chi connectivity index (χ2v) is 13.9. The van der Waals surface area contributed by atoms with Gasteiger partial charge in [0.25, 0.3) is 5.91 Å². The van der Waals surface area contributed by atoms with E-state index in [2.05, 4.69) is 99.9 Å². The third-order valence-electron chi connectivity index (χ3n) is 9.28. The van der Waals surface area contributed by atoms with Crippen molar-refractivity contribution in [1.29, 1.82) is 0 Å². The first kappa shape index (κ1) is 23.5. The van der Waals surface area contributed by atoms with E-state index in [-0.39, 0.29) is 11.3 Å². The number of hydrogen-bond donors (Lipinski definition) is 0. The summed E-state index contributed by atoms with van der Waals surface area (Å²) >= 11 is 3.57. The van der Waals surface area contributed by atoms with Crippen molar-refractivity contribution in [2.75, 3.05) is 20.6 Å². The molecule has 1 saturated heterocycles. The highest BCUT2D eigenvalue weighted by atomic mass is 32.2. The molecule has 5 heterocycles. The van der Waals surface area contributed by atoms with Crippen LogP contribution in [0.15, 0.2) is 70.5 Å². The number of hydrazine groups is 3. The van der Waals surface area contributed by atoms with E-state index in [0.29, 0.717) is 12.0 Å². The lowest BCUT2D eigenvalue weighted by Crippen LogP contribution is -2.63. The predicted molar refractivity (Wildman–Crippen MR) is 153 cm³/mol. The molecular formula is C30H33N5OS2. The number of amides is 1. The Morgan fingerprint density at radius 1 is 0.895 bits per heavy atom. The highest BCUT2D eigenvalue weighted by Crippen LogP contribution is 2.54. The van der Waals surface area contributed by atoms with Gasteiger partial charge in [0.05, 0.1) is 11.4 Å². The zero-order valence-electron chi connectivity index (χ0n) is 21.9. The number of hydrogen-bond acceptors (Lipinski definition) is 7. The van der Waals surface area contributed by atoms with Crippen LogP contribution in [-0.2, 0) is 4.79 Å². The summed E-state index contributed by atoms with van der Waals surface area (Å²) in [7, 11) is 4.27. The fourth-order valence-electron chi connectivity index (χ4n) is 7.40. The number of likely N-dealkylation sites (N-methyl/N-ethyl adjacent to an activating group) is 2. The molecule has 5 aliphatic heterocycles. The van der Waals surface area contributed by atoms with Crippen molar-refractivity contribution < 1.29 is 4.79 Å². The molecule has 4 atom stereocenters. The second-order valence-electron chi connectivity index (χ2n) is 11.4. The fourth-order valence-corrected chi connectivity index (χ4v) is 9.75. The number of nitrogens with zero attached hydrogens (tertiary/aromatic N) is 5. The molecule has 4 unspecified atom stereocenters. The molecule has 8 bridgehead atoms. The summed E-state index contributed by atoms with van der Waals surface area (Å²) in [6.07, 6.45) is 11.9. The van der Waals surface area contributed by atoms with E-state index in [1.807, 2.05) is 11.8 Å². The van der Waals surface area contributed by atoms with Gasteiger partial charge in [0.2, 0.25) is 0 Å². The minimum Gasteiger partial charge on any atom is -0.337 e. The number of likely N-dealkylation sites (tertiary alicyclic amines) is 1. The van der Waals surface area contributed by atoms with E-state index in [0.717, 1.165) is 41.2 Å². The number of piperidine rings is 1. The maximum absolute atomic E-state index is 14.9. The third kappa shape index (κ3) is 3.27. The average Bonchev–Trinajstić information content (AvgIpc) is 3.32. The Morgan fingerprint density at radius 3 is 2.50 bits per heavy atom. The van der Waals surface area contributed by atoms with E-state index >= 15 is 0 Å². The standard InChI is InChI=1S/C30H33N5OS2/c1-31-28-18-26(21-9-5-12-23(16-21)37-28)34(31)35-27-19-30(32(35)2,38-24-13-6-10-22(27)17-24)29(36)33-15-7-11-20-8-3-4-14-25(20)33/h5-6,9-10,12-13,16-20,25,28H,3-4,7-8,11,14-15H2,1-2H3. The van der Waals surface area contributed by atoms with Gasteiger partial charge >= 0.3 is 0 Å². The van der Waals surface area contributed by atoms with Gasteiger partial charge in [0.15, 0.2) is 4.87 Å². The first-order valence-corrected chi connectivity index (χ1v) is 15.6. The Balaban J connectivity index is 1.23. The van der Waals surface area contributed by atoms with E-state index in [9.17, 15) is 4.79 Å². The van der Waals surface area contributed by atoms with Crippen molar-refractivity contribution in [3.8, 4) is 0 Å². The molecular weight excluding hydrogens is 510 g/mol. The summed E-state index contributed by atoms with van der Waals surface area (Å²) < 4.78 is 0. The number of benzene rings is 2. The smallest absolute Gasteiger partial charge is 0.260 e. The van der Waals surface area contributed by atoms with Crippen LogP contribution in [0.1, 0.15) is 49.7 Å². The quantitative estimate of drug-likeness (QED) is 0.479. The van der Waals surface area contributed by atoms with E-state index in [1.54, 1.807) is 11.8 Å². The van der Waals surface area contributed by atoms with Crippen LogP contribution in [-0.4, -0.2) is 68.0 Å². The van der Waals surface area contributed by atoms with Crippen molar-refractivity contribution in [3.63, 3.8) is 0 Å². The highest BCUT2D eigenvalue weighted by Gasteiger charge is 2.57. The van der Waals surface area contributed by atoms with Gasteiger partial charge in [-0.15, -0.1) is 11.8 Å². The maximum atomic E-state index is 14.9. The largest absolute Gasteiger partial charge is 0.337 e. The lowest BCUT2D eigenvalue weighted by Gasteiger charge is -2.50. The normalized spacial score (nSPS) is 31.9. The van der Waals surface area contributed by atoms with Gasteiger partial charge in [-0.25, -0.2) is 0 Å². The Hall–Kier alpha value is -2.39. The molecule has 0 spiro atoms. The molecule has 2 aromatic rings. The fraction of sp³-hybridized carbons (Fsp3) is 0.433. The van der Waals surface area contributed by atoms with Crippen molar-refractivity contribution >= 4 is 40.8 Å². The van der Waals surface area contributed by atoms with Crippen molar-refractivity contribution in [2.45, 2.75) is 64.6 Å². The minimum atomic E-state index is -0.825. The van der Waals surface area contributed by atoms with E-state index in [1.165, 1.54) is 36.1 Å². The Kier molecular flexibility index (Phi) is 5.29. The summed E-state index contributed by atoms with van der Waals surface area (Å²) in [6.45, 7) is 0.872. The molecule has 1 amide bonds. The Bertz CT molecular complexity index is 1390. The molecule has 1 saturated carbocycles. The van der Waals surface area contributed by atoms with Gasteiger partial charge in [0.1, 0.15) is 5.37 Å². The number of thioether (sulfide) groups is 2. The first-order chi connectivity index (χ1) is 18.5. The zero-order chi connectivity index (χ0) is 25.6. The number of carbonyl (C=O) groups excluding carboxylic acids is 1. The van der Waals surface area contributed by atoms with Crippen LogP contribution in [0.2, 0.25) is 0 Å². The zero-order valence-corrected chi connectivity index (χ0v) is 23.5. The molecule has 38 heavy (non-hydrogen) atoms. The molecule has 0 radical (unpaired) electrons. The molecule has 1 aliphatic carbocycles. The van der Waals surface area contributed by atoms with E-state index in [4.69, 9.17) is 0 Å². The van der Waals surface area contributed by atoms with Crippen molar-refractivity contribution in [3.05, 3.63) is 71.8 Å². The van der Waals surface area contributed by atoms with Gasteiger partial charge in [-0.3, -0.25) is 4.79 Å². The SMILES string of the molecule is CN1C2C=C(c3cccc(c3)S2)N1N1C2=CC(C(=O)N3CCCC4CCCCC43)(Sc3cccc2c3)N1C. The molecule has 8 heteroatoms. The van der Waals surface area contributed by atoms with Crippen LogP contribution < -0.4 is 0 Å². The van der Waals surface area contributed by atoms with Gasteiger partial charge < -0.3 is 4.90 Å². The monoisotopic (exact) mass is 543 g/mol. The van der Waals surface area contributed by atoms with Crippen molar-refractivity contribution in [1.82, 2.24) is 25.2 Å². The summed E-state index contributed by atoms with van der Waals surface area (Å²) in [5, 5.41) is 9.26. The topological polar surface area (TPSA) is 33.3 Å². The van der Waals surface area contributed by atoms with Crippen molar-refractivity contribution in [2.24, 2.45) is 5.92 Å². The lowest BCUT2D eigenvalue weighted by molar-refractivity contribution is -0.190. The van der Waals surface area contributed by atoms with Gasteiger partial charge in [-0.1, -0.05) is 48.9 Å². The number of rotatable bonds is 2. The minimum absolute atomic E-state index is 0.192. The van der Waals surface area contributed by atoms with Gasteiger partial charge in [-0.2, -0.15) is 20.3 Å². The predicted octanol–water partition coefficient (Wildman–Crippen LogP) is 5.72. The first-order valence-electron chi connectivity index (χ1n) is 13.9. The molecule has 0 aromatic heterocycles. The highest BCUT2D eigenvalue weighted by molar-refractivity contribution is 8.01. The van der Waals surface area contributed by atoms with Crippen LogP contribution in [0.4, 0.5) is 0 Å². The van der Waals surface area contributed by atoms with Crippen LogP contribution in [0.3, 0.4) is 0 Å². The van der Waals surface area contributed by atoms with Gasteiger partial charge in [0, 0.05) is 47.6 Å². The molecule has 8 rings (SSSR count).